The van der Waals surface area contributed by atoms with E-state index in [4.69, 9.17) is 0 Å². The van der Waals surface area contributed by atoms with Gasteiger partial charge in [-0.2, -0.15) is 4.31 Å². The maximum absolute atomic E-state index is 13.4. The van der Waals surface area contributed by atoms with Crippen LogP contribution in [0.15, 0.2) is 65.6 Å². The number of hydrogen-bond acceptors (Lipinski definition) is 5. The minimum atomic E-state index is -3.70. The van der Waals surface area contributed by atoms with Gasteiger partial charge >= 0.3 is 0 Å². The minimum absolute atomic E-state index is 0.105. The van der Waals surface area contributed by atoms with Crippen LogP contribution in [0, 0.1) is 5.92 Å². The number of piperazine rings is 1. The van der Waals surface area contributed by atoms with Gasteiger partial charge < -0.3 is 10.2 Å². The van der Waals surface area contributed by atoms with E-state index in [0.29, 0.717) is 45.4 Å². The van der Waals surface area contributed by atoms with E-state index < -0.39 is 10.0 Å². The fourth-order valence-electron chi connectivity index (χ4n) is 4.93. The van der Waals surface area contributed by atoms with Gasteiger partial charge in [-0.05, 0) is 37.0 Å². The molecule has 194 valence electrons. The van der Waals surface area contributed by atoms with E-state index >= 15 is 0 Å². The molecule has 2 aliphatic rings. The lowest BCUT2D eigenvalue weighted by Crippen LogP contribution is -2.50. The first-order valence-corrected chi connectivity index (χ1v) is 14.2. The maximum Gasteiger partial charge on any atom is 0.243 e. The molecule has 2 aliphatic heterocycles. The van der Waals surface area contributed by atoms with Gasteiger partial charge in [0.2, 0.25) is 21.8 Å². The third kappa shape index (κ3) is 6.93. The molecule has 2 aromatic rings. The van der Waals surface area contributed by atoms with Gasteiger partial charge in [0.1, 0.15) is 0 Å². The number of nitrogens with one attached hydrogen (secondary N) is 1. The molecule has 1 unspecified atom stereocenters. The predicted molar refractivity (Wildman–Crippen MR) is 138 cm³/mol. The Morgan fingerprint density at radius 3 is 2.22 bits per heavy atom. The summed E-state index contributed by atoms with van der Waals surface area (Å²) in [5, 5.41) is 2.87. The summed E-state index contributed by atoms with van der Waals surface area (Å²) in [7, 11) is -3.70. The van der Waals surface area contributed by atoms with Crippen molar-refractivity contribution in [2.24, 2.45) is 5.92 Å². The lowest BCUT2D eigenvalue weighted by molar-refractivity contribution is -0.138. The largest absolute Gasteiger partial charge is 0.356 e. The number of carbonyl (C=O) groups is 2. The molecular weight excluding hydrogens is 476 g/mol. The summed E-state index contributed by atoms with van der Waals surface area (Å²) >= 11 is 0. The van der Waals surface area contributed by atoms with Gasteiger partial charge in [-0.15, -0.1) is 0 Å². The first kappa shape index (κ1) is 26.3. The topological polar surface area (TPSA) is 90.0 Å². The summed E-state index contributed by atoms with van der Waals surface area (Å²) < 4.78 is 27.7. The molecule has 0 saturated carbocycles. The molecule has 0 aliphatic carbocycles. The van der Waals surface area contributed by atoms with Crippen molar-refractivity contribution in [2.75, 3.05) is 45.8 Å². The van der Waals surface area contributed by atoms with E-state index in [1.807, 2.05) is 23.1 Å². The fraction of sp³-hybridized carbons (Fsp3) is 0.481. The Balaban J connectivity index is 1.36. The molecule has 0 bridgehead atoms. The van der Waals surface area contributed by atoms with Crippen LogP contribution in [0.25, 0.3) is 0 Å². The lowest BCUT2D eigenvalue weighted by atomic mass is 9.97. The molecule has 1 N–H and O–H groups in total. The highest BCUT2D eigenvalue weighted by molar-refractivity contribution is 7.89. The second-order valence-electron chi connectivity index (χ2n) is 9.53. The predicted octanol–water partition coefficient (Wildman–Crippen LogP) is 2.33. The number of rotatable bonds is 5. The van der Waals surface area contributed by atoms with Crippen LogP contribution >= 0.6 is 0 Å². The molecule has 0 aromatic heterocycles. The number of nitrogens with zero attached hydrogens (tertiary/aromatic N) is 3. The zero-order valence-electron chi connectivity index (χ0n) is 20.7. The van der Waals surface area contributed by atoms with Crippen LogP contribution in [0.1, 0.15) is 31.2 Å². The van der Waals surface area contributed by atoms with Crippen LogP contribution in [0.2, 0.25) is 0 Å². The Morgan fingerprint density at radius 2 is 1.53 bits per heavy atom. The van der Waals surface area contributed by atoms with Gasteiger partial charge in [-0.25, -0.2) is 8.42 Å². The maximum atomic E-state index is 13.4. The van der Waals surface area contributed by atoms with Crippen molar-refractivity contribution in [1.29, 1.82) is 0 Å². The van der Waals surface area contributed by atoms with Crippen LogP contribution in [-0.4, -0.2) is 80.2 Å². The Bertz CT molecular complexity index is 1100. The summed E-state index contributed by atoms with van der Waals surface area (Å²) in [6.07, 6.45) is 1.85. The van der Waals surface area contributed by atoms with Crippen LogP contribution in [0.5, 0.6) is 0 Å². The number of benzene rings is 2. The van der Waals surface area contributed by atoms with Crippen molar-refractivity contribution in [3.05, 3.63) is 66.2 Å². The second kappa shape index (κ2) is 12.5. The summed E-state index contributed by atoms with van der Waals surface area (Å²) in [5.74, 6) is -0.309. The van der Waals surface area contributed by atoms with Gasteiger partial charge in [0, 0.05) is 64.7 Å². The first-order valence-electron chi connectivity index (χ1n) is 12.8. The molecule has 2 fully saturated rings. The summed E-state index contributed by atoms with van der Waals surface area (Å²) in [4.78, 5) is 30.3. The highest BCUT2D eigenvalue weighted by Crippen LogP contribution is 2.21. The van der Waals surface area contributed by atoms with Crippen molar-refractivity contribution in [2.45, 2.75) is 37.1 Å². The summed E-state index contributed by atoms with van der Waals surface area (Å²) in [6, 6.07) is 18.7. The molecule has 8 nitrogen and oxygen atoms in total. The van der Waals surface area contributed by atoms with Crippen molar-refractivity contribution in [1.82, 2.24) is 19.4 Å². The molecule has 36 heavy (non-hydrogen) atoms. The summed E-state index contributed by atoms with van der Waals surface area (Å²) in [6.45, 7) is 4.75. The summed E-state index contributed by atoms with van der Waals surface area (Å²) in [5.41, 5.74) is 1.27. The van der Waals surface area contributed by atoms with E-state index in [0.717, 1.165) is 19.6 Å². The molecule has 0 radical (unpaired) electrons. The molecule has 2 amide bonds. The Kier molecular flexibility index (Phi) is 9.12. The molecule has 2 aromatic carbocycles. The second-order valence-corrected chi connectivity index (χ2v) is 11.5. The Morgan fingerprint density at radius 1 is 0.861 bits per heavy atom. The van der Waals surface area contributed by atoms with Crippen molar-refractivity contribution < 1.29 is 18.0 Å². The van der Waals surface area contributed by atoms with Crippen LogP contribution < -0.4 is 5.32 Å². The minimum Gasteiger partial charge on any atom is -0.356 e. The van der Waals surface area contributed by atoms with Gasteiger partial charge in [-0.3, -0.25) is 14.5 Å². The molecular formula is C27H36N4O4S. The molecule has 2 heterocycles. The van der Waals surface area contributed by atoms with Gasteiger partial charge in [0.05, 0.1) is 4.90 Å². The monoisotopic (exact) mass is 512 g/mol. The number of amides is 2. The highest BCUT2D eigenvalue weighted by Gasteiger charge is 2.30. The first-order chi connectivity index (χ1) is 17.4. The zero-order valence-corrected chi connectivity index (χ0v) is 21.5. The van der Waals surface area contributed by atoms with Crippen LogP contribution in [-0.2, 0) is 26.2 Å². The fourth-order valence-corrected chi connectivity index (χ4v) is 6.43. The standard InChI is InChI=1S/C27H36N4O4S/c32-26-14-17-31(36(34,35)25-11-5-2-6-12-25)16-7-10-24(13-15-28-26)27(33)30-20-18-29(19-21-30)22-23-8-3-1-4-9-23/h1-6,8-9,11-12,24H,7,10,13-22H2,(H,28,32). The van der Waals surface area contributed by atoms with Gasteiger partial charge in [0.15, 0.2) is 0 Å². The molecule has 4 rings (SSSR count). The number of hydrogen-bond donors (Lipinski definition) is 1. The molecule has 2 saturated heterocycles. The van der Waals surface area contributed by atoms with Crippen LogP contribution in [0.4, 0.5) is 0 Å². The van der Waals surface area contributed by atoms with E-state index in [-0.39, 0.29) is 35.6 Å². The van der Waals surface area contributed by atoms with Crippen molar-refractivity contribution >= 4 is 21.8 Å². The van der Waals surface area contributed by atoms with Crippen molar-refractivity contribution in [3.63, 3.8) is 0 Å². The Labute approximate surface area is 214 Å². The number of sulfonamides is 1. The SMILES string of the molecule is O=C1CCN(S(=O)(=O)c2ccccc2)CCCC(C(=O)N2CCN(Cc3ccccc3)CC2)CCN1. The highest BCUT2D eigenvalue weighted by atomic mass is 32.2. The quantitative estimate of drug-likeness (QED) is 0.664. The molecule has 0 spiro atoms. The average molecular weight is 513 g/mol. The molecule has 9 heteroatoms. The third-order valence-electron chi connectivity index (χ3n) is 7.03. The smallest absolute Gasteiger partial charge is 0.243 e. The van der Waals surface area contributed by atoms with E-state index in [2.05, 4.69) is 22.3 Å². The lowest BCUT2D eigenvalue weighted by Gasteiger charge is -2.36. The van der Waals surface area contributed by atoms with Gasteiger partial charge in [0.25, 0.3) is 0 Å². The van der Waals surface area contributed by atoms with Gasteiger partial charge in [-0.1, -0.05) is 48.5 Å². The Hall–Kier alpha value is -2.75. The zero-order chi connectivity index (χ0) is 25.4. The average Bonchev–Trinajstić information content (AvgIpc) is 2.94. The van der Waals surface area contributed by atoms with E-state index in [1.165, 1.54) is 9.87 Å². The van der Waals surface area contributed by atoms with E-state index in [1.54, 1.807) is 30.3 Å². The van der Waals surface area contributed by atoms with Crippen LogP contribution in [0.3, 0.4) is 0 Å². The molecule has 1 atom stereocenters. The van der Waals surface area contributed by atoms with Crippen molar-refractivity contribution in [3.8, 4) is 0 Å². The normalized spacial score (nSPS) is 21.4. The van der Waals surface area contributed by atoms with E-state index in [9.17, 15) is 18.0 Å². The third-order valence-corrected chi connectivity index (χ3v) is 8.94. The number of carbonyl (C=O) groups excluding carboxylic acids is 2.